The van der Waals surface area contributed by atoms with Gasteiger partial charge in [0.2, 0.25) is 0 Å². The Hall–Kier alpha value is -2.13. The monoisotopic (exact) mass is 393 g/mol. The Morgan fingerprint density at radius 2 is 2.07 bits per heavy atom. The average Bonchev–Trinajstić information content (AvgIpc) is 2.93. The number of ether oxygens (including phenoxy) is 2. The van der Waals surface area contributed by atoms with Crippen LogP contribution >= 0.6 is 0 Å². The normalized spacial score (nSPS) is 20.0. The van der Waals surface area contributed by atoms with Gasteiger partial charge in [0.05, 0.1) is 6.54 Å². The summed E-state index contributed by atoms with van der Waals surface area (Å²) in [5.74, 6) is 0.973. The Morgan fingerprint density at radius 3 is 2.78 bits per heavy atom. The fourth-order valence-corrected chi connectivity index (χ4v) is 3.69. The summed E-state index contributed by atoms with van der Waals surface area (Å²) in [4.78, 5) is 29.5. The molecule has 0 radical (unpaired) electrons. The number of nitrogens with one attached hydrogen (secondary N) is 1. The van der Waals surface area contributed by atoms with Crippen molar-refractivity contribution in [1.29, 1.82) is 0 Å². The molecule has 1 aromatic rings. The van der Waals surface area contributed by atoms with E-state index in [9.17, 15) is 9.59 Å². The molecule has 8 nitrogen and oxygen atoms in total. The summed E-state index contributed by atoms with van der Waals surface area (Å²) in [5.41, 5.74) is 0. The zero-order chi connectivity index (χ0) is 19.8. The quantitative estimate of drug-likeness (QED) is 0.773. The van der Waals surface area contributed by atoms with Crippen LogP contribution in [0.2, 0.25) is 18.1 Å². The van der Waals surface area contributed by atoms with Crippen LogP contribution in [0.5, 0.6) is 5.75 Å². The van der Waals surface area contributed by atoms with Crippen molar-refractivity contribution in [2.45, 2.75) is 51.4 Å². The summed E-state index contributed by atoms with van der Waals surface area (Å²) < 4.78 is 16.9. The van der Waals surface area contributed by atoms with Crippen LogP contribution in [-0.2, 0) is 14.0 Å². The van der Waals surface area contributed by atoms with Gasteiger partial charge < -0.3 is 19.2 Å². The molecular weight excluding hydrogens is 366 g/mol. The van der Waals surface area contributed by atoms with Crippen molar-refractivity contribution < 1.29 is 23.5 Å². The molecule has 1 fully saturated rings. The molecule has 3 heterocycles. The number of aromatic nitrogens is 1. The fraction of sp³-hybridized carbons (Fsp3) is 0.611. The summed E-state index contributed by atoms with van der Waals surface area (Å²) >= 11 is 0. The van der Waals surface area contributed by atoms with Crippen LogP contribution in [0.15, 0.2) is 12.1 Å². The lowest BCUT2D eigenvalue weighted by molar-refractivity contribution is -0.118. The average molecular weight is 394 g/mol. The molecule has 1 N–H and O–H groups in total. The van der Waals surface area contributed by atoms with E-state index in [4.69, 9.17) is 13.9 Å². The van der Waals surface area contributed by atoms with Crippen LogP contribution in [0.4, 0.5) is 16.4 Å². The minimum absolute atomic E-state index is 0.0317. The molecule has 0 aromatic carbocycles. The number of fused-ring (bicyclic) bond motifs is 1. The second kappa shape index (κ2) is 7.12. The number of pyridine rings is 1. The molecule has 1 unspecified atom stereocenters. The summed E-state index contributed by atoms with van der Waals surface area (Å²) in [6.45, 7) is 11.9. The predicted molar refractivity (Wildman–Crippen MR) is 104 cm³/mol. The molecule has 27 heavy (non-hydrogen) atoms. The highest BCUT2D eigenvalue weighted by Crippen LogP contribution is 2.37. The molecule has 0 bridgehead atoms. The van der Waals surface area contributed by atoms with E-state index < -0.39 is 14.4 Å². The van der Waals surface area contributed by atoms with Gasteiger partial charge in [-0.05, 0) is 30.3 Å². The highest BCUT2D eigenvalue weighted by molar-refractivity contribution is 6.74. The Labute approximate surface area is 160 Å². The molecular formula is C18H27N3O5Si. The number of cyclic esters (lactones) is 1. The highest BCUT2D eigenvalue weighted by atomic mass is 28.4. The second-order valence-electron chi connectivity index (χ2n) is 8.37. The van der Waals surface area contributed by atoms with Crippen LogP contribution in [0.25, 0.3) is 0 Å². The van der Waals surface area contributed by atoms with Gasteiger partial charge in [-0.2, -0.15) is 0 Å². The summed E-state index contributed by atoms with van der Waals surface area (Å²) in [6.07, 6.45) is -0.0479. The number of amides is 2. The van der Waals surface area contributed by atoms with E-state index in [-0.39, 0.29) is 23.7 Å². The summed E-state index contributed by atoms with van der Waals surface area (Å²) in [7, 11) is -1.82. The van der Waals surface area contributed by atoms with Crippen molar-refractivity contribution in [1.82, 2.24) is 4.98 Å². The van der Waals surface area contributed by atoms with Crippen LogP contribution in [0, 0.1) is 0 Å². The summed E-state index contributed by atoms with van der Waals surface area (Å²) in [5, 5.41) is 2.79. The van der Waals surface area contributed by atoms with Crippen molar-refractivity contribution in [3.63, 3.8) is 0 Å². The minimum atomic E-state index is -1.82. The van der Waals surface area contributed by atoms with E-state index >= 15 is 0 Å². The van der Waals surface area contributed by atoms with E-state index in [1.54, 1.807) is 12.1 Å². The molecule has 0 aliphatic carbocycles. The Morgan fingerprint density at radius 1 is 1.33 bits per heavy atom. The number of nitrogens with zero attached hydrogens (tertiary/aromatic N) is 2. The Balaban J connectivity index is 1.60. The van der Waals surface area contributed by atoms with Crippen LogP contribution < -0.4 is 15.0 Å². The van der Waals surface area contributed by atoms with Gasteiger partial charge in [0.25, 0.3) is 5.91 Å². The lowest BCUT2D eigenvalue weighted by atomic mass is 10.2. The lowest BCUT2D eigenvalue weighted by Gasteiger charge is -2.36. The van der Waals surface area contributed by atoms with Crippen molar-refractivity contribution in [3.05, 3.63) is 12.1 Å². The number of carbonyl (C=O) groups excluding carboxylic acids is 2. The van der Waals surface area contributed by atoms with E-state index in [0.717, 1.165) is 0 Å². The van der Waals surface area contributed by atoms with E-state index in [1.807, 2.05) is 0 Å². The first-order chi connectivity index (χ1) is 12.6. The van der Waals surface area contributed by atoms with E-state index in [2.05, 4.69) is 44.2 Å². The topological polar surface area (TPSA) is 90.0 Å². The molecule has 1 aromatic heterocycles. The second-order valence-corrected chi connectivity index (χ2v) is 13.2. The largest absolute Gasteiger partial charge is 0.480 e. The SMILES string of the molecule is CC(C)(C)[Si](C)(C)OCCC1CN(c2ccc3c(n2)NC(=O)CO3)C(=O)O1. The maximum atomic E-state index is 12.2. The van der Waals surface area contributed by atoms with Crippen molar-refractivity contribution in [2.75, 3.05) is 30.0 Å². The number of hydrogen-bond donors (Lipinski definition) is 1. The third-order valence-corrected chi connectivity index (χ3v) is 9.86. The number of rotatable bonds is 5. The van der Waals surface area contributed by atoms with Crippen molar-refractivity contribution >= 4 is 32.0 Å². The van der Waals surface area contributed by atoms with Gasteiger partial charge in [-0.1, -0.05) is 20.8 Å². The zero-order valence-corrected chi connectivity index (χ0v) is 17.5. The molecule has 1 atom stereocenters. The maximum Gasteiger partial charge on any atom is 0.415 e. The zero-order valence-electron chi connectivity index (χ0n) is 16.5. The van der Waals surface area contributed by atoms with Gasteiger partial charge in [-0.3, -0.25) is 9.69 Å². The first-order valence-electron chi connectivity index (χ1n) is 9.13. The third kappa shape index (κ3) is 4.24. The molecule has 0 saturated carbocycles. The molecule has 148 valence electrons. The molecule has 3 rings (SSSR count). The van der Waals surface area contributed by atoms with E-state index in [1.165, 1.54) is 4.90 Å². The number of hydrogen-bond acceptors (Lipinski definition) is 6. The van der Waals surface area contributed by atoms with Crippen molar-refractivity contribution in [2.24, 2.45) is 0 Å². The Kier molecular flexibility index (Phi) is 5.17. The fourth-order valence-electron chi connectivity index (χ4n) is 2.62. The first kappa shape index (κ1) is 19.6. The molecule has 0 spiro atoms. The van der Waals surface area contributed by atoms with Crippen LogP contribution in [-0.4, -0.2) is 51.2 Å². The lowest BCUT2D eigenvalue weighted by Crippen LogP contribution is -2.41. The van der Waals surface area contributed by atoms with E-state index in [0.29, 0.717) is 37.0 Å². The smallest absolute Gasteiger partial charge is 0.415 e. The number of carbonyl (C=O) groups is 2. The Bertz CT molecular complexity index is 747. The molecule has 1 saturated heterocycles. The molecule has 2 aliphatic heterocycles. The minimum Gasteiger partial charge on any atom is -0.480 e. The van der Waals surface area contributed by atoms with Gasteiger partial charge in [-0.25, -0.2) is 9.78 Å². The van der Waals surface area contributed by atoms with Gasteiger partial charge in [0, 0.05) is 13.0 Å². The first-order valence-corrected chi connectivity index (χ1v) is 12.0. The maximum absolute atomic E-state index is 12.2. The van der Waals surface area contributed by atoms with Crippen LogP contribution in [0.1, 0.15) is 27.2 Å². The van der Waals surface area contributed by atoms with Gasteiger partial charge >= 0.3 is 6.09 Å². The van der Waals surface area contributed by atoms with Crippen LogP contribution in [0.3, 0.4) is 0 Å². The number of anilines is 2. The molecule has 2 amide bonds. The third-order valence-electron chi connectivity index (χ3n) is 5.32. The predicted octanol–water partition coefficient (Wildman–Crippen LogP) is 3.15. The highest BCUT2D eigenvalue weighted by Gasteiger charge is 2.38. The molecule has 9 heteroatoms. The van der Waals surface area contributed by atoms with Gasteiger partial charge in [0.15, 0.2) is 26.5 Å². The summed E-state index contributed by atoms with van der Waals surface area (Å²) in [6, 6.07) is 3.38. The standard InChI is InChI=1S/C18H27N3O5Si/c1-18(2,3)27(4,5)25-9-8-12-10-21(17(23)26-12)14-7-6-13-16(19-14)20-15(22)11-24-13/h6-7,12H,8-11H2,1-5H3,(H,19,20,22). The van der Waals surface area contributed by atoms with Crippen molar-refractivity contribution in [3.8, 4) is 5.75 Å². The molecule has 2 aliphatic rings. The van der Waals surface area contributed by atoms with Gasteiger partial charge in [-0.15, -0.1) is 0 Å². The van der Waals surface area contributed by atoms with Gasteiger partial charge in [0.1, 0.15) is 11.9 Å².